The number of nitrogens with zero attached hydrogens (tertiary/aromatic N) is 2. The van der Waals surface area contributed by atoms with Crippen molar-refractivity contribution in [2.75, 3.05) is 14.1 Å². The maximum absolute atomic E-state index is 4.61. The van der Waals surface area contributed by atoms with Crippen LogP contribution in [0.1, 0.15) is 53.4 Å². The molecule has 0 aromatic heterocycles. The van der Waals surface area contributed by atoms with E-state index >= 15 is 0 Å². The Kier molecular flexibility index (Phi) is 14.0. The maximum Gasteiger partial charge on any atom is 0.104 e. The lowest BCUT2D eigenvalue weighted by Gasteiger charge is -2.15. The van der Waals surface area contributed by atoms with Crippen molar-refractivity contribution in [1.82, 2.24) is 4.90 Å². The van der Waals surface area contributed by atoms with E-state index in [0.717, 1.165) is 18.5 Å². The van der Waals surface area contributed by atoms with Crippen LogP contribution in [-0.4, -0.2) is 24.8 Å². The van der Waals surface area contributed by atoms with Crippen LogP contribution in [0.25, 0.3) is 0 Å². The van der Waals surface area contributed by atoms with Gasteiger partial charge in [-0.25, -0.2) is 4.99 Å². The topological polar surface area (TPSA) is 15.6 Å². The Labute approximate surface area is 108 Å². The Hall–Kier alpha value is -1.05. The molecule has 0 fully saturated rings. The third kappa shape index (κ3) is 12.9. The molecule has 0 unspecified atom stereocenters. The van der Waals surface area contributed by atoms with Crippen molar-refractivity contribution in [3.8, 4) is 0 Å². The van der Waals surface area contributed by atoms with Gasteiger partial charge in [-0.2, -0.15) is 0 Å². The van der Waals surface area contributed by atoms with E-state index in [1.165, 1.54) is 18.7 Å². The fourth-order valence-electron chi connectivity index (χ4n) is 1.26. The van der Waals surface area contributed by atoms with Gasteiger partial charge in [-0.1, -0.05) is 32.4 Å². The summed E-state index contributed by atoms with van der Waals surface area (Å²) in [6.45, 7) is 11.7. The first-order valence-corrected chi connectivity index (χ1v) is 6.52. The number of rotatable bonds is 5. The lowest BCUT2D eigenvalue weighted by molar-refractivity contribution is 0.593. The van der Waals surface area contributed by atoms with Crippen molar-refractivity contribution >= 4 is 5.84 Å². The van der Waals surface area contributed by atoms with Crippen molar-refractivity contribution in [1.29, 1.82) is 0 Å². The zero-order valence-electron chi connectivity index (χ0n) is 12.6. The normalized spacial score (nSPS) is 11.6. The van der Waals surface area contributed by atoms with Crippen LogP contribution in [0.2, 0.25) is 0 Å². The Bertz CT molecular complexity index is 237. The summed E-state index contributed by atoms with van der Waals surface area (Å²) in [7, 11) is 4.13. The first-order chi connectivity index (χ1) is 8.03. The number of unbranched alkanes of at least 4 members (excludes halogenated alkanes) is 1. The molecular weight excluding hydrogens is 208 g/mol. The zero-order valence-corrected chi connectivity index (χ0v) is 12.6. The van der Waals surface area contributed by atoms with E-state index in [9.17, 15) is 0 Å². The highest BCUT2D eigenvalue weighted by Crippen LogP contribution is 2.04. The molecule has 0 heterocycles. The smallest absolute Gasteiger partial charge is 0.104 e. The average molecular weight is 238 g/mol. The van der Waals surface area contributed by atoms with Crippen molar-refractivity contribution < 1.29 is 0 Å². The molecule has 0 atom stereocenters. The molecule has 0 saturated carbocycles. The second-order valence-corrected chi connectivity index (χ2v) is 4.19. The van der Waals surface area contributed by atoms with Crippen LogP contribution in [0.4, 0.5) is 0 Å². The molecule has 0 amide bonds. The Morgan fingerprint density at radius 3 is 2.18 bits per heavy atom. The standard InChI is InChI=1S/C12H24N2.C3H6/c1-6-8-10-12(14(4)5)13-11(3)9-7-2;1-3-2/h9H,6-8,10H2,1-5H3;3H,1H2,2H3/b11-9+,13-12?;. The Morgan fingerprint density at radius 2 is 1.82 bits per heavy atom. The number of amidine groups is 1. The van der Waals surface area contributed by atoms with Crippen LogP contribution in [0.15, 0.2) is 29.4 Å². The predicted molar refractivity (Wildman–Crippen MR) is 80.6 cm³/mol. The number of hydrogen-bond acceptors (Lipinski definition) is 1. The molecule has 0 aliphatic rings. The van der Waals surface area contributed by atoms with Gasteiger partial charge in [-0.05, 0) is 26.7 Å². The molecule has 100 valence electrons. The molecule has 2 heteroatoms. The summed E-state index contributed by atoms with van der Waals surface area (Å²) >= 11 is 0. The van der Waals surface area contributed by atoms with Gasteiger partial charge in [0.2, 0.25) is 0 Å². The summed E-state index contributed by atoms with van der Waals surface area (Å²) in [5, 5.41) is 0. The molecule has 0 aliphatic carbocycles. The Morgan fingerprint density at radius 1 is 1.29 bits per heavy atom. The molecule has 0 rings (SSSR count). The Balaban J connectivity index is 0. The molecule has 0 bridgehead atoms. The number of aliphatic imine (C=N–C) groups is 1. The third-order valence-electron chi connectivity index (χ3n) is 2.08. The lowest BCUT2D eigenvalue weighted by Crippen LogP contribution is -2.21. The van der Waals surface area contributed by atoms with E-state index in [4.69, 9.17) is 0 Å². The fourth-order valence-corrected chi connectivity index (χ4v) is 1.26. The van der Waals surface area contributed by atoms with Crippen LogP contribution < -0.4 is 0 Å². The minimum atomic E-state index is 1.06. The van der Waals surface area contributed by atoms with Gasteiger partial charge < -0.3 is 4.90 Å². The monoisotopic (exact) mass is 238 g/mol. The highest BCUT2D eigenvalue weighted by atomic mass is 15.1. The molecule has 17 heavy (non-hydrogen) atoms. The SMILES string of the molecule is C=CC.CC/C=C(\C)N=C(CCCC)N(C)C. The van der Waals surface area contributed by atoms with Gasteiger partial charge in [-0.15, -0.1) is 6.58 Å². The van der Waals surface area contributed by atoms with E-state index in [-0.39, 0.29) is 0 Å². The molecular formula is C15H30N2. The van der Waals surface area contributed by atoms with Gasteiger partial charge in [0.05, 0.1) is 0 Å². The molecule has 0 saturated heterocycles. The highest BCUT2D eigenvalue weighted by Gasteiger charge is 2.00. The minimum absolute atomic E-state index is 1.06. The second-order valence-electron chi connectivity index (χ2n) is 4.19. The second kappa shape index (κ2) is 13.0. The summed E-state index contributed by atoms with van der Waals surface area (Å²) in [5.41, 5.74) is 1.13. The van der Waals surface area contributed by atoms with E-state index < -0.39 is 0 Å². The van der Waals surface area contributed by atoms with Crippen LogP contribution >= 0.6 is 0 Å². The third-order valence-corrected chi connectivity index (χ3v) is 2.08. The van der Waals surface area contributed by atoms with Gasteiger partial charge in [-0.3, -0.25) is 0 Å². The predicted octanol–water partition coefficient (Wildman–Crippen LogP) is 4.64. The summed E-state index contributed by atoms with van der Waals surface area (Å²) in [4.78, 5) is 6.72. The number of hydrogen-bond donors (Lipinski definition) is 0. The quantitative estimate of drug-likeness (QED) is 0.387. The average Bonchev–Trinajstić information content (AvgIpc) is 2.25. The zero-order chi connectivity index (χ0) is 13.7. The van der Waals surface area contributed by atoms with Gasteiger partial charge in [0, 0.05) is 26.2 Å². The molecule has 0 N–H and O–H groups in total. The summed E-state index contributed by atoms with van der Waals surface area (Å²) in [6, 6.07) is 0. The highest BCUT2D eigenvalue weighted by molar-refractivity contribution is 5.82. The molecule has 0 aromatic carbocycles. The van der Waals surface area contributed by atoms with E-state index in [0.29, 0.717) is 0 Å². The number of allylic oxidation sites excluding steroid dienone is 3. The molecule has 2 nitrogen and oxygen atoms in total. The molecule has 0 aliphatic heterocycles. The van der Waals surface area contributed by atoms with E-state index in [1.54, 1.807) is 6.08 Å². The lowest BCUT2D eigenvalue weighted by atomic mass is 10.2. The summed E-state index contributed by atoms with van der Waals surface area (Å²) < 4.78 is 0. The van der Waals surface area contributed by atoms with Crippen molar-refractivity contribution in [2.45, 2.75) is 53.4 Å². The first kappa shape index (κ1) is 18.3. The largest absolute Gasteiger partial charge is 0.366 e. The van der Waals surface area contributed by atoms with Gasteiger partial charge in [0.15, 0.2) is 0 Å². The molecule has 0 spiro atoms. The molecule has 0 radical (unpaired) electrons. The van der Waals surface area contributed by atoms with Crippen molar-refractivity contribution in [2.24, 2.45) is 4.99 Å². The van der Waals surface area contributed by atoms with Gasteiger partial charge >= 0.3 is 0 Å². The first-order valence-electron chi connectivity index (χ1n) is 6.52. The van der Waals surface area contributed by atoms with Crippen LogP contribution in [0, 0.1) is 0 Å². The molecule has 0 aromatic rings. The fraction of sp³-hybridized carbons (Fsp3) is 0.667. The maximum atomic E-state index is 4.61. The summed E-state index contributed by atoms with van der Waals surface area (Å²) in [5.74, 6) is 1.19. The van der Waals surface area contributed by atoms with Gasteiger partial charge in [0.25, 0.3) is 0 Å². The van der Waals surface area contributed by atoms with Crippen molar-refractivity contribution in [3.63, 3.8) is 0 Å². The van der Waals surface area contributed by atoms with Crippen LogP contribution in [0.5, 0.6) is 0 Å². The van der Waals surface area contributed by atoms with Crippen LogP contribution in [0.3, 0.4) is 0 Å². The van der Waals surface area contributed by atoms with Crippen molar-refractivity contribution in [3.05, 3.63) is 24.4 Å². The van der Waals surface area contributed by atoms with E-state index in [1.807, 2.05) is 6.92 Å². The van der Waals surface area contributed by atoms with Gasteiger partial charge in [0.1, 0.15) is 5.84 Å². The minimum Gasteiger partial charge on any atom is -0.366 e. The van der Waals surface area contributed by atoms with E-state index in [2.05, 4.69) is 57.4 Å². The van der Waals surface area contributed by atoms with Crippen LogP contribution in [-0.2, 0) is 0 Å². The summed E-state index contributed by atoms with van der Waals surface area (Å²) in [6.07, 6.45) is 8.50.